The van der Waals surface area contributed by atoms with Crippen LogP contribution in [0.1, 0.15) is 45.1 Å². The van der Waals surface area contributed by atoms with Gasteiger partial charge in [-0.1, -0.05) is 26.0 Å². The minimum atomic E-state index is -0.695. The summed E-state index contributed by atoms with van der Waals surface area (Å²) >= 11 is 0. The Morgan fingerprint density at radius 1 is 1.16 bits per heavy atom. The summed E-state index contributed by atoms with van der Waals surface area (Å²) in [4.78, 5) is 32.7. The van der Waals surface area contributed by atoms with Crippen molar-refractivity contribution in [3.8, 4) is 5.75 Å². The van der Waals surface area contributed by atoms with E-state index in [9.17, 15) is 9.59 Å². The lowest BCUT2D eigenvalue weighted by Gasteiger charge is -2.39. The fourth-order valence-corrected chi connectivity index (χ4v) is 5.36. The van der Waals surface area contributed by atoms with Crippen LogP contribution in [-0.4, -0.2) is 78.1 Å². The van der Waals surface area contributed by atoms with Crippen molar-refractivity contribution >= 4 is 11.9 Å². The predicted molar refractivity (Wildman–Crippen MR) is 120 cm³/mol. The normalized spacial score (nSPS) is 24.8. The van der Waals surface area contributed by atoms with Gasteiger partial charge < -0.3 is 15.0 Å². The lowest BCUT2D eigenvalue weighted by Crippen LogP contribution is -2.56. The topological polar surface area (TPSA) is 65.1 Å². The Morgan fingerprint density at radius 3 is 2.65 bits per heavy atom. The number of urea groups is 1. The fraction of sp³-hybridized carbons (Fsp3) is 0.667. The molecule has 1 aromatic carbocycles. The number of carbonyl (C=O) groups is 2. The summed E-state index contributed by atoms with van der Waals surface area (Å²) in [7, 11) is 1.68. The van der Waals surface area contributed by atoms with Gasteiger partial charge in [0.15, 0.2) is 0 Å². The van der Waals surface area contributed by atoms with E-state index in [0.717, 1.165) is 57.9 Å². The number of benzene rings is 1. The van der Waals surface area contributed by atoms with Gasteiger partial charge >= 0.3 is 6.03 Å². The molecule has 3 saturated heterocycles. The predicted octanol–water partition coefficient (Wildman–Crippen LogP) is 2.70. The average Bonchev–Trinajstić information content (AvgIpc) is 2.99. The number of methoxy groups -OCH3 is 1. The summed E-state index contributed by atoms with van der Waals surface area (Å²) in [5, 5.41) is 3.10. The van der Waals surface area contributed by atoms with Crippen LogP contribution in [0.15, 0.2) is 24.3 Å². The van der Waals surface area contributed by atoms with Crippen molar-refractivity contribution in [1.29, 1.82) is 0 Å². The van der Waals surface area contributed by atoms with E-state index in [-0.39, 0.29) is 18.0 Å². The molecule has 4 rings (SSSR count). The Bertz CT molecular complexity index is 804. The van der Waals surface area contributed by atoms with E-state index in [1.807, 2.05) is 12.1 Å². The van der Waals surface area contributed by atoms with Gasteiger partial charge in [-0.25, -0.2) is 4.79 Å². The highest BCUT2D eigenvalue weighted by molar-refractivity contribution is 6.07. The SMILES string of the molecule is COc1cccc(CN2CCC[C@H](N3C(=O)NC4(CCN(CC(C)C)CC4)C3=O)C2)c1. The summed E-state index contributed by atoms with van der Waals surface area (Å²) in [5.41, 5.74) is 0.491. The first kappa shape index (κ1) is 22.1. The molecule has 0 aromatic heterocycles. The number of carbonyl (C=O) groups excluding carboxylic acids is 2. The molecule has 7 nitrogen and oxygen atoms in total. The van der Waals surface area contributed by atoms with Gasteiger partial charge in [-0.05, 0) is 55.8 Å². The second-order valence-electron chi connectivity index (χ2n) is 9.76. The zero-order valence-corrected chi connectivity index (χ0v) is 19.1. The monoisotopic (exact) mass is 428 g/mol. The molecular formula is C24H36N4O3. The third-order valence-electron chi connectivity index (χ3n) is 6.91. The third-order valence-corrected chi connectivity index (χ3v) is 6.91. The maximum Gasteiger partial charge on any atom is 0.325 e. The van der Waals surface area contributed by atoms with Crippen LogP contribution in [0.4, 0.5) is 4.79 Å². The van der Waals surface area contributed by atoms with Crippen LogP contribution in [0.25, 0.3) is 0 Å². The molecule has 3 fully saturated rings. The van der Waals surface area contributed by atoms with Crippen LogP contribution >= 0.6 is 0 Å². The van der Waals surface area contributed by atoms with Gasteiger partial charge in [0.2, 0.25) is 0 Å². The largest absolute Gasteiger partial charge is 0.497 e. The standard InChI is InChI=1S/C24H36N4O3/c1-18(2)15-26-12-9-24(10-13-26)22(29)28(23(30)25-24)20-7-5-11-27(17-20)16-19-6-4-8-21(14-19)31-3/h4,6,8,14,18,20H,5,7,9-13,15-17H2,1-3H3,(H,25,30)/t20-/m0/s1. The smallest absolute Gasteiger partial charge is 0.325 e. The van der Waals surface area contributed by atoms with E-state index in [4.69, 9.17) is 4.74 Å². The maximum absolute atomic E-state index is 13.5. The van der Waals surface area contributed by atoms with E-state index in [1.54, 1.807) is 12.0 Å². The van der Waals surface area contributed by atoms with Crippen LogP contribution in [0.3, 0.4) is 0 Å². The highest BCUT2D eigenvalue weighted by atomic mass is 16.5. The number of hydrogen-bond donors (Lipinski definition) is 1. The van der Waals surface area contributed by atoms with E-state index in [0.29, 0.717) is 18.8 Å². The molecule has 7 heteroatoms. The molecule has 0 bridgehead atoms. The van der Waals surface area contributed by atoms with Crippen LogP contribution < -0.4 is 10.1 Å². The van der Waals surface area contributed by atoms with Crippen LogP contribution in [-0.2, 0) is 11.3 Å². The first-order valence-electron chi connectivity index (χ1n) is 11.6. The number of likely N-dealkylation sites (tertiary alicyclic amines) is 2. The van der Waals surface area contributed by atoms with E-state index >= 15 is 0 Å². The molecule has 1 N–H and O–H groups in total. The molecule has 3 heterocycles. The van der Waals surface area contributed by atoms with Crippen LogP contribution in [0.2, 0.25) is 0 Å². The van der Waals surface area contributed by atoms with Gasteiger partial charge in [0.25, 0.3) is 5.91 Å². The molecule has 0 aliphatic carbocycles. The molecule has 0 radical (unpaired) electrons. The minimum absolute atomic E-state index is 0.00470. The summed E-state index contributed by atoms with van der Waals surface area (Å²) in [6.45, 7) is 9.72. The molecule has 1 aromatic rings. The Hall–Kier alpha value is -2.12. The molecular weight excluding hydrogens is 392 g/mol. The molecule has 0 unspecified atom stereocenters. The Balaban J connectivity index is 1.39. The molecule has 3 aliphatic heterocycles. The average molecular weight is 429 g/mol. The highest BCUT2D eigenvalue weighted by Gasteiger charge is 2.54. The molecule has 0 saturated carbocycles. The van der Waals surface area contributed by atoms with Gasteiger partial charge in [-0.15, -0.1) is 0 Å². The van der Waals surface area contributed by atoms with Crippen molar-refractivity contribution in [3.63, 3.8) is 0 Å². The number of hydrogen-bond acceptors (Lipinski definition) is 5. The van der Waals surface area contributed by atoms with Crippen LogP contribution in [0.5, 0.6) is 5.75 Å². The van der Waals surface area contributed by atoms with Gasteiger partial charge in [0.1, 0.15) is 11.3 Å². The number of imide groups is 1. The van der Waals surface area contributed by atoms with Crippen molar-refractivity contribution in [2.24, 2.45) is 5.92 Å². The molecule has 3 aliphatic rings. The molecule has 1 spiro atoms. The maximum atomic E-state index is 13.5. The van der Waals surface area contributed by atoms with E-state index < -0.39 is 5.54 Å². The second kappa shape index (κ2) is 9.17. The molecule has 170 valence electrons. The van der Waals surface area contributed by atoms with E-state index in [1.165, 1.54) is 5.56 Å². The number of amides is 3. The minimum Gasteiger partial charge on any atom is -0.497 e. The van der Waals surface area contributed by atoms with E-state index in [2.05, 4.69) is 41.1 Å². The lowest BCUT2D eigenvalue weighted by atomic mass is 9.86. The summed E-state index contributed by atoms with van der Waals surface area (Å²) < 4.78 is 5.34. The molecule has 3 amide bonds. The van der Waals surface area contributed by atoms with Crippen molar-refractivity contribution in [3.05, 3.63) is 29.8 Å². The summed E-state index contributed by atoms with van der Waals surface area (Å²) in [6.07, 6.45) is 3.28. The van der Waals surface area contributed by atoms with Crippen molar-refractivity contribution in [2.45, 2.75) is 57.7 Å². The summed E-state index contributed by atoms with van der Waals surface area (Å²) in [6, 6.07) is 7.84. The van der Waals surface area contributed by atoms with Crippen LogP contribution in [0, 0.1) is 5.92 Å². The van der Waals surface area contributed by atoms with Crippen molar-refractivity contribution in [1.82, 2.24) is 20.0 Å². The van der Waals surface area contributed by atoms with Gasteiger partial charge in [0, 0.05) is 32.7 Å². The van der Waals surface area contributed by atoms with Gasteiger partial charge in [-0.2, -0.15) is 0 Å². The zero-order chi connectivity index (χ0) is 22.0. The quantitative estimate of drug-likeness (QED) is 0.706. The number of nitrogens with one attached hydrogen (secondary N) is 1. The van der Waals surface area contributed by atoms with Gasteiger partial charge in [0.05, 0.1) is 13.2 Å². The van der Waals surface area contributed by atoms with Crippen molar-refractivity contribution < 1.29 is 14.3 Å². The first-order chi connectivity index (χ1) is 14.9. The Kier molecular flexibility index (Phi) is 6.53. The van der Waals surface area contributed by atoms with Crippen molar-refractivity contribution in [2.75, 3.05) is 39.8 Å². The fourth-order valence-electron chi connectivity index (χ4n) is 5.36. The second-order valence-corrected chi connectivity index (χ2v) is 9.76. The Morgan fingerprint density at radius 2 is 1.94 bits per heavy atom. The number of rotatable bonds is 6. The molecule has 31 heavy (non-hydrogen) atoms. The highest BCUT2D eigenvalue weighted by Crippen LogP contribution is 2.33. The molecule has 1 atom stereocenters. The Labute approximate surface area is 185 Å². The first-order valence-corrected chi connectivity index (χ1v) is 11.6. The zero-order valence-electron chi connectivity index (χ0n) is 19.1. The summed E-state index contributed by atoms with van der Waals surface area (Å²) in [5.74, 6) is 1.46. The van der Waals surface area contributed by atoms with Gasteiger partial charge in [-0.3, -0.25) is 14.6 Å². The number of piperidine rings is 2. The number of ether oxygens (including phenoxy) is 1. The third kappa shape index (κ3) is 4.72. The number of nitrogens with zero attached hydrogens (tertiary/aromatic N) is 3. The lowest BCUT2D eigenvalue weighted by molar-refractivity contribution is -0.135.